The predicted molar refractivity (Wildman–Crippen MR) is 68.7 cm³/mol. The highest BCUT2D eigenvalue weighted by molar-refractivity contribution is 6.04. The number of fused-ring (bicyclic) bond motifs is 1. The molecular weight excluding hydrogens is 214 g/mol. The smallest absolute Gasteiger partial charge is 0.336 e. The Kier molecular flexibility index (Phi) is 2.92. The van der Waals surface area contributed by atoms with Gasteiger partial charge in [0.1, 0.15) is 0 Å². The van der Waals surface area contributed by atoms with Crippen LogP contribution in [-0.2, 0) is 6.54 Å². The van der Waals surface area contributed by atoms with Crippen LogP contribution in [0.25, 0.3) is 10.9 Å². The zero-order chi connectivity index (χ0) is 12.6. The van der Waals surface area contributed by atoms with Gasteiger partial charge in [-0.05, 0) is 30.5 Å². The van der Waals surface area contributed by atoms with Crippen LogP contribution in [0, 0.1) is 0 Å². The van der Waals surface area contributed by atoms with Crippen LogP contribution in [0.4, 0.5) is 0 Å². The summed E-state index contributed by atoms with van der Waals surface area (Å²) in [4.78, 5) is 11.3. The molecule has 1 aromatic heterocycles. The molecule has 0 unspecified atom stereocenters. The van der Waals surface area contributed by atoms with E-state index >= 15 is 0 Å². The number of carboxylic acid groups (broad SMARTS) is 1. The standard InChI is InChI=1S/C14H17NO2/c1-4-15-8-11(9(2)3)13-10(14(16)17)6-5-7-12(13)15/h5-9H,4H2,1-3H3,(H,16,17). The maximum absolute atomic E-state index is 11.3. The first-order valence-corrected chi connectivity index (χ1v) is 5.91. The second-order valence-electron chi connectivity index (χ2n) is 4.53. The van der Waals surface area contributed by atoms with E-state index in [4.69, 9.17) is 0 Å². The summed E-state index contributed by atoms with van der Waals surface area (Å²) < 4.78 is 2.11. The third-order valence-electron chi connectivity index (χ3n) is 3.13. The summed E-state index contributed by atoms with van der Waals surface area (Å²) in [5.74, 6) is -0.530. The summed E-state index contributed by atoms with van der Waals surface area (Å²) in [5, 5.41) is 10.1. The SMILES string of the molecule is CCn1cc(C(C)C)c2c(C(=O)O)cccc21. The molecule has 0 fully saturated rings. The molecular formula is C14H17NO2. The Labute approximate surface area is 101 Å². The molecule has 0 atom stereocenters. The van der Waals surface area contributed by atoms with Crippen LogP contribution < -0.4 is 0 Å². The van der Waals surface area contributed by atoms with E-state index < -0.39 is 5.97 Å². The fourth-order valence-corrected chi connectivity index (χ4v) is 2.26. The van der Waals surface area contributed by atoms with Gasteiger partial charge in [-0.3, -0.25) is 0 Å². The molecule has 17 heavy (non-hydrogen) atoms. The molecule has 1 aromatic carbocycles. The van der Waals surface area contributed by atoms with E-state index in [0.29, 0.717) is 11.5 Å². The van der Waals surface area contributed by atoms with Gasteiger partial charge < -0.3 is 9.67 Å². The van der Waals surface area contributed by atoms with Crippen molar-refractivity contribution < 1.29 is 9.90 Å². The topological polar surface area (TPSA) is 42.2 Å². The quantitative estimate of drug-likeness (QED) is 0.878. The van der Waals surface area contributed by atoms with E-state index in [1.807, 2.05) is 12.1 Å². The first-order valence-electron chi connectivity index (χ1n) is 5.91. The van der Waals surface area contributed by atoms with Crippen molar-refractivity contribution >= 4 is 16.9 Å². The highest BCUT2D eigenvalue weighted by Crippen LogP contribution is 2.30. The number of aryl methyl sites for hydroxylation is 1. The molecule has 0 aliphatic rings. The zero-order valence-corrected chi connectivity index (χ0v) is 10.4. The van der Waals surface area contributed by atoms with Gasteiger partial charge in [0.05, 0.1) is 5.56 Å². The summed E-state index contributed by atoms with van der Waals surface area (Å²) in [5.41, 5.74) is 2.52. The molecule has 0 radical (unpaired) electrons. The lowest BCUT2D eigenvalue weighted by atomic mass is 9.99. The van der Waals surface area contributed by atoms with E-state index in [9.17, 15) is 9.90 Å². The summed E-state index contributed by atoms with van der Waals surface area (Å²) in [6.07, 6.45) is 2.07. The third-order valence-corrected chi connectivity index (χ3v) is 3.13. The van der Waals surface area contributed by atoms with Gasteiger partial charge in [0.25, 0.3) is 0 Å². The van der Waals surface area contributed by atoms with Gasteiger partial charge in [0.15, 0.2) is 0 Å². The fourth-order valence-electron chi connectivity index (χ4n) is 2.26. The summed E-state index contributed by atoms with van der Waals surface area (Å²) >= 11 is 0. The molecule has 0 saturated heterocycles. The lowest BCUT2D eigenvalue weighted by Gasteiger charge is -2.05. The summed E-state index contributed by atoms with van der Waals surface area (Å²) in [7, 11) is 0. The Hall–Kier alpha value is -1.77. The van der Waals surface area contributed by atoms with Crippen molar-refractivity contribution in [2.24, 2.45) is 0 Å². The number of aromatic carboxylic acids is 1. The fraction of sp³-hybridized carbons (Fsp3) is 0.357. The molecule has 0 aliphatic heterocycles. The molecule has 3 heteroatoms. The predicted octanol–water partition coefficient (Wildman–Crippen LogP) is 3.48. The van der Waals surface area contributed by atoms with Crippen LogP contribution in [-0.4, -0.2) is 15.6 Å². The highest BCUT2D eigenvalue weighted by atomic mass is 16.4. The monoisotopic (exact) mass is 231 g/mol. The summed E-state index contributed by atoms with van der Waals surface area (Å²) in [6.45, 7) is 7.10. The Balaban J connectivity index is 2.86. The van der Waals surface area contributed by atoms with Gasteiger partial charge in [-0.2, -0.15) is 0 Å². The number of carbonyl (C=O) groups is 1. The maximum atomic E-state index is 11.3. The number of aromatic nitrogens is 1. The van der Waals surface area contributed by atoms with Crippen LogP contribution in [0.1, 0.15) is 42.6 Å². The van der Waals surface area contributed by atoms with Crippen LogP contribution >= 0.6 is 0 Å². The molecule has 0 spiro atoms. The third kappa shape index (κ3) is 1.82. The van der Waals surface area contributed by atoms with E-state index in [1.54, 1.807) is 6.07 Å². The number of hydrogen-bond donors (Lipinski definition) is 1. The Morgan fingerprint density at radius 1 is 1.41 bits per heavy atom. The largest absolute Gasteiger partial charge is 0.478 e. The van der Waals surface area contributed by atoms with Crippen molar-refractivity contribution in [1.29, 1.82) is 0 Å². The first kappa shape index (κ1) is 11.7. The normalized spacial score (nSPS) is 11.3. The van der Waals surface area contributed by atoms with Gasteiger partial charge >= 0.3 is 5.97 Å². The Bertz CT molecular complexity index is 567. The molecule has 3 nitrogen and oxygen atoms in total. The van der Waals surface area contributed by atoms with Gasteiger partial charge in [-0.15, -0.1) is 0 Å². The first-order chi connectivity index (χ1) is 8.06. The van der Waals surface area contributed by atoms with E-state index in [1.165, 1.54) is 0 Å². The van der Waals surface area contributed by atoms with Crippen molar-refractivity contribution in [3.8, 4) is 0 Å². The maximum Gasteiger partial charge on any atom is 0.336 e. The van der Waals surface area contributed by atoms with Gasteiger partial charge in [-0.25, -0.2) is 4.79 Å². The van der Waals surface area contributed by atoms with Crippen LogP contribution in [0.5, 0.6) is 0 Å². The van der Waals surface area contributed by atoms with Gasteiger partial charge in [-0.1, -0.05) is 19.9 Å². The van der Waals surface area contributed by atoms with Crippen LogP contribution in [0.3, 0.4) is 0 Å². The second kappa shape index (κ2) is 4.24. The lowest BCUT2D eigenvalue weighted by molar-refractivity contribution is 0.0699. The highest BCUT2D eigenvalue weighted by Gasteiger charge is 2.17. The van der Waals surface area contributed by atoms with Crippen LogP contribution in [0.2, 0.25) is 0 Å². The molecule has 90 valence electrons. The summed E-state index contributed by atoms with van der Waals surface area (Å²) in [6, 6.07) is 5.47. The lowest BCUT2D eigenvalue weighted by Crippen LogP contribution is -1.99. The molecule has 2 rings (SSSR count). The van der Waals surface area contributed by atoms with Crippen molar-refractivity contribution in [1.82, 2.24) is 4.57 Å². The minimum atomic E-state index is -0.855. The molecule has 2 aromatic rings. The van der Waals surface area contributed by atoms with Crippen molar-refractivity contribution in [2.75, 3.05) is 0 Å². The Morgan fingerprint density at radius 3 is 2.65 bits per heavy atom. The van der Waals surface area contributed by atoms with E-state index in [2.05, 4.69) is 31.5 Å². The average molecular weight is 231 g/mol. The van der Waals surface area contributed by atoms with Gasteiger partial charge in [0, 0.05) is 23.6 Å². The van der Waals surface area contributed by atoms with E-state index in [-0.39, 0.29) is 0 Å². The molecule has 0 amide bonds. The molecule has 0 bridgehead atoms. The number of hydrogen-bond acceptors (Lipinski definition) is 1. The van der Waals surface area contributed by atoms with Crippen molar-refractivity contribution in [3.63, 3.8) is 0 Å². The minimum absolute atomic E-state index is 0.325. The molecule has 1 N–H and O–H groups in total. The molecule has 0 saturated carbocycles. The zero-order valence-electron chi connectivity index (χ0n) is 10.4. The van der Waals surface area contributed by atoms with Crippen LogP contribution in [0.15, 0.2) is 24.4 Å². The van der Waals surface area contributed by atoms with Gasteiger partial charge in [0.2, 0.25) is 0 Å². The molecule has 0 aliphatic carbocycles. The van der Waals surface area contributed by atoms with E-state index in [0.717, 1.165) is 23.0 Å². The van der Waals surface area contributed by atoms with Crippen molar-refractivity contribution in [2.45, 2.75) is 33.2 Å². The Morgan fingerprint density at radius 2 is 2.12 bits per heavy atom. The number of rotatable bonds is 3. The van der Waals surface area contributed by atoms with Crippen molar-refractivity contribution in [3.05, 3.63) is 35.5 Å². The second-order valence-corrected chi connectivity index (χ2v) is 4.53. The number of carboxylic acids is 1. The number of nitrogens with zero attached hydrogens (tertiary/aromatic N) is 1. The minimum Gasteiger partial charge on any atom is -0.478 e. The number of benzene rings is 1. The molecule has 1 heterocycles. The average Bonchev–Trinajstić information content (AvgIpc) is 2.67.